The Morgan fingerprint density at radius 1 is 1.10 bits per heavy atom. The number of amides is 2. The number of halogens is 1. The Morgan fingerprint density at radius 2 is 1.80 bits per heavy atom. The Labute approximate surface area is 180 Å². The van der Waals surface area contributed by atoms with Crippen molar-refractivity contribution in [3.8, 4) is 0 Å². The van der Waals surface area contributed by atoms with Gasteiger partial charge in [0.15, 0.2) is 0 Å². The predicted octanol–water partition coefficient (Wildman–Crippen LogP) is 4.28. The van der Waals surface area contributed by atoms with E-state index in [1.807, 2.05) is 20.8 Å². The van der Waals surface area contributed by atoms with Gasteiger partial charge in [-0.25, -0.2) is 10.0 Å². The van der Waals surface area contributed by atoms with E-state index in [9.17, 15) is 14.4 Å². The molecule has 0 fully saturated rings. The van der Waals surface area contributed by atoms with Gasteiger partial charge in [0, 0.05) is 17.7 Å². The summed E-state index contributed by atoms with van der Waals surface area (Å²) in [6.07, 6.45) is 1.86. The van der Waals surface area contributed by atoms with E-state index in [0.29, 0.717) is 23.0 Å². The second kappa shape index (κ2) is 9.54. The molecular formula is C22H24ClN3O4. The quantitative estimate of drug-likeness (QED) is 0.332. The summed E-state index contributed by atoms with van der Waals surface area (Å²) in [7, 11) is 0. The molecule has 0 aromatic heterocycles. The number of hydrazine groups is 1. The molecule has 2 rings (SSSR count). The smallest absolute Gasteiger partial charge is 0.274 e. The fourth-order valence-corrected chi connectivity index (χ4v) is 3.28. The first-order valence-corrected chi connectivity index (χ1v) is 9.70. The van der Waals surface area contributed by atoms with Crippen LogP contribution in [0.3, 0.4) is 0 Å². The maximum absolute atomic E-state index is 13.4. The van der Waals surface area contributed by atoms with Crippen LogP contribution in [-0.4, -0.2) is 51.6 Å². The highest BCUT2D eigenvalue weighted by Gasteiger charge is 2.36. The lowest BCUT2D eigenvalue weighted by molar-refractivity contribution is -0.0410. The van der Waals surface area contributed by atoms with Crippen LogP contribution >= 0.6 is 11.6 Å². The van der Waals surface area contributed by atoms with Gasteiger partial charge < -0.3 is 5.21 Å². The van der Waals surface area contributed by atoms with Gasteiger partial charge in [-0.3, -0.25) is 14.4 Å². The average Bonchev–Trinajstić information content (AvgIpc) is 2.70. The zero-order valence-corrected chi connectivity index (χ0v) is 18.1. The molecule has 0 aliphatic rings. The van der Waals surface area contributed by atoms with E-state index in [4.69, 9.17) is 16.8 Å². The minimum Gasteiger partial charge on any atom is -0.411 e. The Hall–Kier alpha value is -3.19. The highest BCUT2D eigenvalue weighted by molar-refractivity contribution is 6.34. The topological polar surface area (TPSA) is 90.3 Å². The van der Waals surface area contributed by atoms with Gasteiger partial charge in [-0.05, 0) is 57.5 Å². The van der Waals surface area contributed by atoms with Gasteiger partial charge >= 0.3 is 0 Å². The van der Waals surface area contributed by atoms with Crippen LogP contribution in [0.2, 0.25) is 5.02 Å². The Kier molecular flexibility index (Phi) is 7.34. The van der Waals surface area contributed by atoms with Crippen molar-refractivity contribution < 1.29 is 19.6 Å². The van der Waals surface area contributed by atoms with Crippen LogP contribution in [0, 0.1) is 0 Å². The number of benzene rings is 2. The molecule has 0 atom stereocenters. The molecule has 0 spiro atoms. The number of carbonyl (C=O) groups is 3. The molecule has 8 heteroatoms. The van der Waals surface area contributed by atoms with Crippen LogP contribution < -0.4 is 0 Å². The maximum atomic E-state index is 13.4. The molecule has 0 aliphatic carbocycles. The normalized spacial score (nSPS) is 11.4. The summed E-state index contributed by atoms with van der Waals surface area (Å²) in [5.74, 6) is -0.869. The molecular weight excluding hydrogens is 406 g/mol. The van der Waals surface area contributed by atoms with Crippen LogP contribution in [0.25, 0.3) is 0 Å². The monoisotopic (exact) mass is 429 g/mol. The van der Waals surface area contributed by atoms with E-state index in [-0.39, 0.29) is 17.1 Å². The molecule has 2 amide bonds. The van der Waals surface area contributed by atoms with Crippen LogP contribution in [0.1, 0.15) is 64.3 Å². The van der Waals surface area contributed by atoms with E-state index in [0.717, 1.165) is 0 Å². The lowest BCUT2D eigenvalue weighted by Crippen LogP contribution is -2.58. The summed E-state index contributed by atoms with van der Waals surface area (Å²) < 4.78 is 0. The Bertz CT molecular complexity index is 983. The number of nitrogens with zero attached hydrogens (tertiary/aromatic N) is 3. The van der Waals surface area contributed by atoms with Crippen LogP contribution in [-0.2, 0) is 0 Å². The van der Waals surface area contributed by atoms with Gasteiger partial charge in [0.2, 0.25) is 0 Å². The first-order valence-electron chi connectivity index (χ1n) is 9.32. The van der Waals surface area contributed by atoms with Crippen molar-refractivity contribution >= 4 is 35.9 Å². The summed E-state index contributed by atoms with van der Waals surface area (Å²) in [4.78, 5) is 37.8. The fourth-order valence-electron chi connectivity index (χ4n) is 3.01. The minimum atomic E-state index is -0.750. The predicted molar refractivity (Wildman–Crippen MR) is 115 cm³/mol. The third-order valence-corrected chi connectivity index (χ3v) is 4.62. The van der Waals surface area contributed by atoms with Crippen molar-refractivity contribution in [2.45, 2.75) is 33.2 Å². The number of hydrogen-bond donors (Lipinski definition) is 1. The molecule has 7 nitrogen and oxygen atoms in total. The zero-order valence-electron chi connectivity index (χ0n) is 17.3. The SMILES string of the molecule is CCN(C(=O)c1cccc(C=O)c1)N(C(=O)c1ccc(C=NO)cc1Cl)C(C)(C)C. The number of rotatable bonds is 5. The first kappa shape index (κ1) is 23.1. The molecule has 158 valence electrons. The second-order valence-corrected chi connectivity index (χ2v) is 7.94. The summed E-state index contributed by atoms with van der Waals surface area (Å²) in [6.45, 7) is 7.41. The largest absolute Gasteiger partial charge is 0.411 e. The summed E-state index contributed by atoms with van der Waals surface area (Å²) in [5.41, 5.74) is 0.642. The third-order valence-electron chi connectivity index (χ3n) is 4.30. The van der Waals surface area contributed by atoms with E-state index in [1.54, 1.807) is 31.2 Å². The van der Waals surface area contributed by atoms with Gasteiger partial charge in [-0.2, -0.15) is 0 Å². The zero-order chi connectivity index (χ0) is 22.5. The molecule has 0 radical (unpaired) electrons. The molecule has 0 heterocycles. The van der Waals surface area contributed by atoms with Crippen molar-refractivity contribution in [3.05, 3.63) is 69.7 Å². The maximum Gasteiger partial charge on any atom is 0.274 e. The summed E-state index contributed by atoms with van der Waals surface area (Å²) in [5, 5.41) is 14.5. The van der Waals surface area contributed by atoms with Crippen molar-refractivity contribution in [1.82, 2.24) is 10.0 Å². The molecule has 2 aromatic carbocycles. The minimum absolute atomic E-state index is 0.165. The van der Waals surface area contributed by atoms with Crippen molar-refractivity contribution in [2.75, 3.05) is 6.54 Å². The molecule has 1 N–H and O–H groups in total. The van der Waals surface area contributed by atoms with Crippen molar-refractivity contribution in [1.29, 1.82) is 0 Å². The molecule has 0 unspecified atom stereocenters. The number of aldehydes is 1. The van der Waals surface area contributed by atoms with E-state index < -0.39 is 17.4 Å². The van der Waals surface area contributed by atoms with E-state index in [2.05, 4.69) is 5.16 Å². The van der Waals surface area contributed by atoms with Crippen molar-refractivity contribution in [3.63, 3.8) is 0 Å². The molecule has 0 bridgehead atoms. The summed E-state index contributed by atoms with van der Waals surface area (Å²) in [6, 6.07) is 10.9. The Balaban J connectivity index is 2.50. The number of oxime groups is 1. The van der Waals surface area contributed by atoms with Gasteiger partial charge in [0.1, 0.15) is 6.29 Å². The molecule has 0 saturated heterocycles. The van der Waals surface area contributed by atoms with Crippen LogP contribution in [0.15, 0.2) is 47.6 Å². The third kappa shape index (κ3) is 5.04. The van der Waals surface area contributed by atoms with Crippen molar-refractivity contribution in [2.24, 2.45) is 5.16 Å². The van der Waals surface area contributed by atoms with Gasteiger partial charge in [0.05, 0.1) is 22.3 Å². The van der Waals surface area contributed by atoms with Crippen LogP contribution in [0.4, 0.5) is 0 Å². The highest BCUT2D eigenvalue weighted by atomic mass is 35.5. The fraction of sp³-hybridized carbons (Fsp3) is 0.273. The lowest BCUT2D eigenvalue weighted by atomic mass is 10.0. The van der Waals surface area contributed by atoms with E-state index >= 15 is 0 Å². The van der Waals surface area contributed by atoms with Gasteiger partial charge in [0.25, 0.3) is 11.8 Å². The Morgan fingerprint density at radius 3 is 2.33 bits per heavy atom. The first-order chi connectivity index (χ1) is 14.1. The standard InChI is InChI=1S/C22H24ClN3O4/c1-5-25(20(28)17-8-6-7-16(11-17)14-27)26(22(2,3)4)21(29)18-10-9-15(13-24-30)12-19(18)23/h6-14,30H,5H2,1-4H3. The highest BCUT2D eigenvalue weighted by Crippen LogP contribution is 2.26. The lowest BCUT2D eigenvalue weighted by Gasteiger charge is -2.43. The number of carbonyl (C=O) groups excluding carboxylic acids is 3. The molecule has 30 heavy (non-hydrogen) atoms. The average molecular weight is 430 g/mol. The molecule has 0 aliphatic heterocycles. The van der Waals surface area contributed by atoms with Crippen LogP contribution in [0.5, 0.6) is 0 Å². The molecule has 0 saturated carbocycles. The van der Waals surface area contributed by atoms with E-state index in [1.165, 1.54) is 34.4 Å². The van der Waals surface area contributed by atoms with Gasteiger partial charge in [-0.15, -0.1) is 0 Å². The molecule has 2 aromatic rings. The second-order valence-electron chi connectivity index (χ2n) is 7.54. The summed E-state index contributed by atoms with van der Waals surface area (Å²) >= 11 is 6.31. The number of hydrogen-bond acceptors (Lipinski definition) is 5. The van der Waals surface area contributed by atoms with Gasteiger partial charge in [-0.1, -0.05) is 35.0 Å².